The highest BCUT2D eigenvalue weighted by Crippen LogP contribution is 2.21. The minimum atomic E-state index is 0.722. The van der Waals surface area contributed by atoms with E-state index in [1.54, 1.807) is 6.20 Å². The lowest BCUT2D eigenvalue weighted by molar-refractivity contribution is 0.395. The van der Waals surface area contributed by atoms with E-state index in [0.29, 0.717) is 0 Å². The molecule has 0 radical (unpaired) electrons. The third-order valence-electron chi connectivity index (χ3n) is 4.74. The third-order valence-corrected chi connectivity index (χ3v) is 5.34. The Morgan fingerprint density at radius 3 is 2.71 bits per heavy atom. The van der Waals surface area contributed by atoms with Gasteiger partial charge >= 0.3 is 0 Å². The fourth-order valence-corrected chi connectivity index (χ4v) is 3.56. The third kappa shape index (κ3) is 5.57. The lowest BCUT2D eigenvalue weighted by Gasteiger charge is -2.27. The second-order valence-electron chi connectivity index (χ2n) is 6.89. The smallest absolute Gasteiger partial charge is 0.173 e. The molecule has 6 heteroatoms. The molecular weight excluding hydrogens is 388 g/mol. The van der Waals surface area contributed by atoms with Gasteiger partial charge in [-0.2, -0.15) is 0 Å². The first-order valence-corrected chi connectivity index (χ1v) is 10.1. The highest BCUT2D eigenvalue weighted by atomic mass is 35.5. The van der Waals surface area contributed by atoms with Crippen molar-refractivity contribution in [2.45, 2.75) is 33.4 Å². The molecule has 0 aliphatic rings. The van der Waals surface area contributed by atoms with Crippen molar-refractivity contribution >= 4 is 34.6 Å². The molecule has 1 aromatic heterocycles. The van der Waals surface area contributed by atoms with Crippen LogP contribution in [-0.4, -0.2) is 26.1 Å². The molecule has 0 amide bonds. The van der Waals surface area contributed by atoms with E-state index in [0.717, 1.165) is 47.4 Å². The Labute approximate surface area is 177 Å². The molecule has 1 N–H and O–H groups in total. The average molecular weight is 413 g/mol. The quantitative estimate of drug-likeness (QED) is 0.523. The Morgan fingerprint density at radius 1 is 1.18 bits per heavy atom. The Morgan fingerprint density at radius 2 is 2.00 bits per heavy atom. The second kappa shape index (κ2) is 9.71. The molecule has 3 rings (SSSR count). The highest BCUT2D eigenvalue weighted by Gasteiger charge is 2.13. The first kappa shape index (κ1) is 20.4. The van der Waals surface area contributed by atoms with Gasteiger partial charge in [0.05, 0.1) is 6.33 Å². The van der Waals surface area contributed by atoms with Gasteiger partial charge in [0.15, 0.2) is 5.11 Å². The zero-order chi connectivity index (χ0) is 19.9. The van der Waals surface area contributed by atoms with Crippen LogP contribution in [0.1, 0.15) is 23.1 Å². The van der Waals surface area contributed by atoms with Crippen LogP contribution in [0.2, 0.25) is 5.02 Å². The molecule has 0 atom stereocenters. The number of halogens is 1. The molecule has 4 nitrogen and oxygen atoms in total. The number of anilines is 1. The van der Waals surface area contributed by atoms with Crippen LogP contribution >= 0.6 is 23.8 Å². The first-order valence-electron chi connectivity index (χ1n) is 9.35. The standard InChI is InChI=1S/C22H25ClN4S/c1-17-6-3-4-7-19(17)15-27(12-5-11-26-13-10-24-16-26)22(28)25-21-9-8-20(23)14-18(21)2/h3-4,6-10,13-14,16H,5,11-12,15H2,1-2H3,(H,25,28). The van der Waals surface area contributed by atoms with Gasteiger partial charge in [0.2, 0.25) is 0 Å². The molecule has 0 spiro atoms. The summed E-state index contributed by atoms with van der Waals surface area (Å²) in [6, 6.07) is 14.2. The van der Waals surface area contributed by atoms with E-state index < -0.39 is 0 Å². The number of aromatic nitrogens is 2. The topological polar surface area (TPSA) is 33.1 Å². The lowest BCUT2D eigenvalue weighted by Crippen LogP contribution is -2.35. The predicted molar refractivity (Wildman–Crippen MR) is 121 cm³/mol. The van der Waals surface area contributed by atoms with Crippen molar-refractivity contribution in [2.75, 3.05) is 11.9 Å². The second-order valence-corrected chi connectivity index (χ2v) is 7.71. The lowest BCUT2D eigenvalue weighted by atomic mass is 10.1. The number of imidazole rings is 1. The number of rotatable bonds is 7. The molecule has 0 aliphatic carbocycles. The van der Waals surface area contributed by atoms with Crippen molar-refractivity contribution in [1.82, 2.24) is 14.5 Å². The van der Waals surface area contributed by atoms with E-state index in [1.165, 1.54) is 11.1 Å². The predicted octanol–water partition coefficient (Wildman–Crippen LogP) is 5.44. The number of thiocarbonyl (C=S) groups is 1. The molecule has 2 aromatic carbocycles. The Hall–Kier alpha value is -2.37. The molecule has 3 aromatic rings. The molecular formula is C22H25ClN4S. The van der Waals surface area contributed by atoms with Crippen molar-refractivity contribution in [1.29, 1.82) is 0 Å². The van der Waals surface area contributed by atoms with Crippen molar-refractivity contribution in [2.24, 2.45) is 0 Å². The number of nitrogens with zero attached hydrogens (tertiary/aromatic N) is 3. The summed E-state index contributed by atoms with van der Waals surface area (Å²) in [4.78, 5) is 6.33. The van der Waals surface area contributed by atoms with E-state index in [9.17, 15) is 0 Å². The van der Waals surface area contributed by atoms with Crippen LogP contribution in [0.3, 0.4) is 0 Å². The van der Waals surface area contributed by atoms with Crippen molar-refractivity contribution in [3.8, 4) is 0 Å². The SMILES string of the molecule is Cc1ccccc1CN(CCCn1ccnc1)C(=S)Nc1ccc(Cl)cc1C. The maximum absolute atomic E-state index is 6.08. The summed E-state index contributed by atoms with van der Waals surface area (Å²) in [6.07, 6.45) is 6.61. The van der Waals surface area contributed by atoms with E-state index in [1.807, 2.05) is 37.6 Å². The van der Waals surface area contributed by atoms with Gasteiger partial charge in [0, 0.05) is 42.7 Å². The monoisotopic (exact) mass is 412 g/mol. The van der Waals surface area contributed by atoms with Crippen LogP contribution in [0.15, 0.2) is 61.2 Å². The zero-order valence-corrected chi connectivity index (χ0v) is 17.8. The van der Waals surface area contributed by atoms with Gasteiger partial charge in [-0.05, 0) is 67.4 Å². The summed E-state index contributed by atoms with van der Waals surface area (Å²) in [6.45, 7) is 6.70. The van der Waals surface area contributed by atoms with Gasteiger partial charge in [-0.3, -0.25) is 0 Å². The Bertz CT molecular complexity index is 924. The minimum Gasteiger partial charge on any atom is -0.345 e. The van der Waals surface area contributed by atoms with Gasteiger partial charge in [0.25, 0.3) is 0 Å². The van der Waals surface area contributed by atoms with E-state index in [2.05, 4.69) is 51.0 Å². The van der Waals surface area contributed by atoms with Crippen LogP contribution in [0.4, 0.5) is 5.69 Å². The summed E-state index contributed by atoms with van der Waals surface area (Å²) in [5.74, 6) is 0. The maximum atomic E-state index is 6.08. The number of benzene rings is 2. The molecule has 0 aliphatic heterocycles. The summed E-state index contributed by atoms with van der Waals surface area (Å²) < 4.78 is 2.09. The molecule has 0 fully saturated rings. The summed E-state index contributed by atoms with van der Waals surface area (Å²) in [7, 11) is 0. The van der Waals surface area contributed by atoms with Gasteiger partial charge in [0.1, 0.15) is 0 Å². The molecule has 0 unspecified atom stereocenters. The Balaban J connectivity index is 1.71. The van der Waals surface area contributed by atoms with E-state index in [4.69, 9.17) is 23.8 Å². The first-order chi connectivity index (χ1) is 13.5. The number of hydrogen-bond acceptors (Lipinski definition) is 2. The zero-order valence-electron chi connectivity index (χ0n) is 16.2. The number of hydrogen-bond donors (Lipinski definition) is 1. The Kier molecular flexibility index (Phi) is 7.06. The summed E-state index contributed by atoms with van der Waals surface area (Å²) >= 11 is 11.8. The molecule has 1 heterocycles. The van der Waals surface area contributed by atoms with Gasteiger partial charge in [-0.1, -0.05) is 35.9 Å². The van der Waals surface area contributed by atoms with Gasteiger partial charge in [-0.25, -0.2) is 4.98 Å². The van der Waals surface area contributed by atoms with E-state index >= 15 is 0 Å². The fraction of sp³-hybridized carbons (Fsp3) is 0.273. The van der Waals surface area contributed by atoms with Crippen LogP contribution in [-0.2, 0) is 13.1 Å². The van der Waals surface area contributed by atoms with Gasteiger partial charge < -0.3 is 14.8 Å². The normalized spacial score (nSPS) is 10.7. The van der Waals surface area contributed by atoms with Crippen molar-refractivity contribution < 1.29 is 0 Å². The molecule has 0 bridgehead atoms. The molecule has 146 valence electrons. The van der Waals surface area contributed by atoms with E-state index in [-0.39, 0.29) is 0 Å². The number of aryl methyl sites for hydroxylation is 3. The highest BCUT2D eigenvalue weighted by molar-refractivity contribution is 7.80. The molecule has 28 heavy (non-hydrogen) atoms. The van der Waals surface area contributed by atoms with Crippen LogP contribution < -0.4 is 5.32 Å². The van der Waals surface area contributed by atoms with Crippen LogP contribution in [0, 0.1) is 13.8 Å². The largest absolute Gasteiger partial charge is 0.345 e. The molecule has 0 saturated carbocycles. The van der Waals surface area contributed by atoms with Gasteiger partial charge in [-0.15, -0.1) is 0 Å². The summed E-state index contributed by atoms with van der Waals surface area (Å²) in [5, 5.41) is 4.85. The maximum Gasteiger partial charge on any atom is 0.173 e. The van der Waals surface area contributed by atoms with Crippen LogP contribution in [0.25, 0.3) is 0 Å². The van der Waals surface area contributed by atoms with Crippen molar-refractivity contribution in [3.63, 3.8) is 0 Å². The average Bonchev–Trinajstić information content (AvgIpc) is 3.18. The number of nitrogens with one attached hydrogen (secondary N) is 1. The van der Waals surface area contributed by atoms with Crippen molar-refractivity contribution in [3.05, 3.63) is 82.9 Å². The van der Waals surface area contributed by atoms with Crippen LogP contribution in [0.5, 0.6) is 0 Å². The summed E-state index contributed by atoms with van der Waals surface area (Å²) in [5.41, 5.74) is 4.61. The fourth-order valence-electron chi connectivity index (χ4n) is 3.07. The minimum absolute atomic E-state index is 0.722. The molecule has 0 saturated heterocycles.